The lowest BCUT2D eigenvalue weighted by Gasteiger charge is -2.34. The third-order valence-electron chi connectivity index (χ3n) is 6.64. The molecule has 7 nitrogen and oxygen atoms in total. The number of imide groups is 1. The molecule has 0 aromatic rings. The van der Waals surface area contributed by atoms with Crippen LogP contribution in [0.15, 0.2) is 0 Å². The first-order valence-corrected chi connectivity index (χ1v) is 10.1. The highest BCUT2D eigenvalue weighted by Gasteiger charge is 2.52. The first kappa shape index (κ1) is 22.0. The Labute approximate surface area is 167 Å². The monoisotopic (exact) mass is 400 g/mol. The maximum atomic E-state index is 12.9. The average molecular weight is 401 g/mol. The lowest BCUT2D eigenvalue weighted by molar-refractivity contribution is -0.136. The fraction of sp³-hybridized carbons (Fsp3) is 0.842. The number of carbonyl (C=O) groups excluding carboxylic acids is 3. The van der Waals surface area contributed by atoms with Gasteiger partial charge in [0.05, 0.1) is 0 Å². The van der Waals surface area contributed by atoms with Gasteiger partial charge in [-0.2, -0.15) is 0 Å². The maximum Gasteiger partial charge on any atom is 0.325 e. The van der Waals surface area contributed by atoms with Gasteiger partial charge in [-0.1, -0.05) is 26.2 Å². The SMILES string of the molecule is CCC1CCC2(CC1)NC(=O)N(CC(=O)NC1CCCCC1CN)C2=O.Cl. The lowest BCUT2D eigenvalue weighted by Crippen LogP contribution is -2.51. The second-order valence-electron chi connectivity index (χ2n) is 8.21. The average Bonchev–Trinajstić information content (AvgIpc) is 2.87. The van der Waals surface area contributed by atoms with Crippen LogP contribution in [0.5, 0.6) is 0 Å². The number of halogens is 1. The molecule has 3 fully saturated rings. The van der Waals surface area contributed by atoms with Crippen molar-refractivity contribution in [2.45, 2.75) is 76.3 Å². The summed E-state index contributed by atoms with van der Waals surface area (Å²) in [4.78, 5) is 38.8. The van der Waals surface area contributed by atoms with Crippen molar-refractivity contribution < 1.29 is 14.4 Å². The van der Waals surface area contributed by atoms with Crippen LogP contribution in [0.2, 0.25) is 0 Å². The van der Waals surface area contributed by atoms with E-state index >= 15 is 0 Å². The number of urea groups is 1. The third kappa shape index (κ3) is 4.57. The molecular formula is C19H33ClN4O3. The van der Waals surface area contributed by atoms with Crippen molar-refractivity contribution in [1.82, 2.24) is 15.5 Å². The van der Waals surface area contributed by atoms with Gasteiger partial charge in [0.25, 0.3) is 5.91 Å². The normalized spacial score (nSPS) is 33.6. The number of rotatable bonds is 5. The lowest BCUT2D eigenvalue weighted by atomic mass is 9.75. The van der Waals surface area contributed by atoms with Gasteiger partial charge in [0.1, 0.15) is 12.1 Å². The summed E-state index contributed by atoms with van der Waals surface area (Å²) in [6.45, 7) is 2.52. The van der Waals surface area contributed by atoms with E-state index in [9.17, 15) is 14.4 Å². The van der Waals surface area contributed by atoms with Gasteiger partial charge in [-0.3, -0.25) is 14.5 Å². The summed E-state index contributed by atoms with van der Waals surface area (Å²) in [5.74, 6) is 0.415. The van der Waals surface area contributed by atoms with Crippen LogP contribution < -0.4 is 16.4 Å². The van der Waals surface area contributed by atoms with E-state index in [1.807, 2.05) is 0 Å². The smallest absolute Gasteiger partial charge is 0.325 e. The predicted octanol–water partition coefficient (Wildman–Crippen LogP) is 1.93. The molecule has 2 atom stereocenters. The zero-order chi connectivity index (χ0) is 18.7. The summed E-state index contributed by atoms with van der Waals surface area (Å²) < 4.78 is 0. The molecule has 2 saturated carbocycles. The predicted molar refractivity (Wildman–Crippen MR) is 105 cm³/mol. The maximum absolute atomic E-state index is 12.9. The Balaban J connectivity index is 0.00000261. The molecular weight excluding hydrogens is 368 g/mol. The number of carbonyl (C=O) groups is 3. The quantitative estimate of drug-likeness (QED) is 0.613. The summed E-state index contributed by atoms with van der Waals surface area (Å²) in [5.41, 5.74) is 5.03. The molecule has 0 bridgehead atoms. The molecule has 2 aliphatic carbocycles. The zero-order valence-electron chi connectivity index (χ0n) is 16.2. The topological polar surface area (TPSA) is 105 Å². The summed E-state index contributed by atoms with van der Waals surface area (Å²) in [6.07, 6.45) is 8.50. The van der Waals surface area contributed by atoms with E-state index in [1.165, 1.54) is 0 Å². The molecule has 27 heavy (non-hydrogen) atoms. The number of hydrogen-bond donors (Lipinski definition) is 3. The van der Waals surface area contributed by atoms with E-state index in [0.717, 1.165) is 49.8 Å². The van der Waals surface area contributed by atoms with E-state index in [-0.39, 0.29) is 42.7 Å². The molecule has 0 aromatic heterocycles. The molecule has 3 aliphatic rings. The molecule has 4 N–H and O–H groups in total. The minimum absolute atomic E-state index is 0. The van der Waals surface area contributed by atoms with Crippen molar-refractivity contribution in [3.63, 3.8) is 0 Å². The van der Waals surface area contributed by atoms with Crippen molar-refractivity contribution in [3.8, 4) is 0 Å². The van der Waals surface area contributed by atoms with Crippen molar-refractivity contribution in [3.05, 3.63) is 0 Å². The molecule has 0 aromatic carbocycles. The van der Waals surface area contributed by atoms with Crippen LogP contribution in [0.3, 0.4) is 0 Å². The van der Waals surface area contributed by atoms with E-state index < -0.39 is 11.6 Å². The second-order valence-corrected chi connectivity index (χ2v) is 8.21. The van der Waals surface area contributed by atoms with Crippen LogP contribution in [-0.4, -0.2) is 47.4 Å². The van der Waals surface area contributed by atoms with Gasteiger partial charge >= 0.3 is 6.03 Å². The van der Waals surface area contributed by atoms with E-state index in [0.29, 0.717) is 25.3 Å². The molecule has 1 saturated heterocycles. The van der Waals surface area contributed by atoms with Crippen LogP contribution in [0.4, 0.5) is 4.79 Å². The summed E-state index contributed by atoms with van der Waals surface area (Å²) in [7, 11) is 0. The van der Waals surface area contributed by atoms with Crippen LogP contribution in [-0.2, 0) is 9.59 Å². The van der Waals surface area contributed by atoms with Gasteiger partial charge in [-0.15, -0.1) is 12.4 Å². The van der Waals surface area contributed by atoms with Gasteiger partial charge in [-0.25, -0.2) is 4.79 Å². The Kier molecular flexibility index (Phi) is 7.51. The molecule has 3 rings (SSSR count). The molecule has 1 aliphatic heterocycles. The molecule has 2 unspecified atom stereocenters. The van der Waals surface area contributed by atoms with Crippen molar-refractivity contribution in [2.75, 3.05) is 13.1 Å². The Hall–Kier alpha value is -1.34. The molecule has 8 heteroatoms. The Morgan fingerprint density at radius 1 is 1.22 bits per heavy atom. The van der Waals surface area contributed by atoms with E-state index in [1.54, 1.807) is 0 Å². The largest absolute Gasteiger partial charge is 0.351 e. The number of hydrogen-bond acceptors (Lipinski definition) is 4. The van der Waals surface area contributed by atoms with Crippen LogP contribution in [0.25, 0.3) is 0 Å². The highest BCUT2D eigenvalue weighted by Crippen LogP contribution is 2.37. The number of amides is 4. The van der Waals surface area contributed by atoms with Crippen molar-refractivity contribution in [2.24, 2.45) is 17.6 Å². The fourth-order valence-electron chi connectivity index (χ4n) is 4.81. The van der Waals surface area contributed by atoms with Crippen LogP contribution >= 0.6 is 12.4 Å². The molecule has 1 heterocycles. The molecule has 154 valence electrons. The van der Waals surface area contributed by atoms with Crippen LogP contribution in [0.1, 0.15) is 64.7 Å². The van der Waals surface area contributed by atoms with Gasteiger partial charge < -0.3 is 16.4 Å². The second kappa shape index (κ2) is 9.24. The van der Waals surface area contributed by atoms with Gasteiger partial charge in [0.15, 0.2) is 0 Å². The number of nitrogens with one attached hydrogen (secondary N) is 2. The number of nitrogens with two attached hydrogens (primary N) is 1. The summed E-state index contributed by atoms with van der Waals surface area (Å²) in [5, 5.41) is 5.88. The first-order chi connectivity index (χ1) is 12.5. The Morgan fingerprint density at radius 3 is 2.52 bits per heavy atom. The summed E-state index contributed by atoms with van der Waals surface area (Å²) in [6, 6.07) is -0.380. The molecule has 1 spiro atoms. The third-order valence-corrected chi connectivity index (χ3v) is 6.64. The van der Waals surface area contributed by atoms with E-state index in [4.69, 9.17) is 5.73 Å². The Morgan fingerprint density at radius 2 is 1.89 bits per heavy atom. The first-order valence-electron chi connectivity index (χ1n) is 10.1. The van der Waals surface area contributed by atoms with Crippen molar-refractivity contribution >= 4 is 30.3 Å². The molecule has 4 amide bonds. The molecule has 0 radical (unpaired) electrons. The summed E-state index contributed by atoms with van der Waals surface area (Å²) >= 11 is 0. The standard InChI is InChI=1S/C19H32N4O3.ClH/c1-2-13-7-9-19(10-8-13)17(25)23(18(26)22-19)12-16(24)21-15-6-4-3-5-14(15)11-20;/h13-15H,2-12,20H2,1H3,(H,21,24)(H,22,26);1H. The van der Waals surface area contributed by atoms with Gasteiger partial charge in [0.2, 0.25) is 5.91 Å². The highest BCUT2D eigenvalue weighted by atomic mass is 35.5. The number of nitrogens with zero attached hydrogens (tertiary/aromatic N) is 1. The van der Waals surface area contributed by atoms with Crippen molar-refractivity contribution in [1.29, 1.82) is 0 Å². The minimum atomic E-state index is -0.784. The van der Waals surface area contributed by atoms with Crippen LogP contribution in [0, 0.1) is 11.8 Å². The Bertz CT molecular complexity index is 563. The van der Waals surface area contributed by atoms with E-state index in [2.05, 4.69) is 17.6 Å². The fourth-order valence-corrected chi connectivity index (χ4v) is 4.81. The highest BCUT2D eigenvalue weighted by molar-refractivity contribution is 6.09. The minimum Gasteiger partial charge on any atom is -0.351 e. The zero-order valence-corrected chi connectivity index (χ0v) is 17.0. The van der Waals surface area contributed by atoms with Gasteiger partial charge in [-0.05, 0) is 56.9 Å². The van der Waals surface area contributed by atoms with Gasteiger partial charge in [0, 0.05) is 6.04 Å².